The van der Waals surface area contributed by atoms with E-state index in [1.807, 2.05) is 0 Å². The summed E-state index contributed by atoms with van der Waals surface area (Å²) in [5.41, 5.74) is 2.32. The molecule has 0 aliphatic carbocycles. The Morgan fingerprint density at radius 2 is 2.27 bits per heavy atom. The van der Waals surface area contributed by atoms with Crippen molar-refractivity contribution in [1.82, 2.24) is 15.6 Å². The average molecular weight is 362 g/mol. The van der Waals surface area contributed by atoms with Gasteiger partial charge in [0.1, 0.15) is 10.8 Å². The second kappa shape index (κ2) is 7.87. The molecule has 2 heterocycles. The predicted molar refractivity (Wildman–Crippen MR) is 82.2 cm³/mol. The highest BCUT2D eigenvalue weighted by molar-refractivity contribution is 7.15. The van der Waals surface area contributed by atoms with Crippen LogP contribution in [0.4, 0.5) is 5.13 Å². The van der Waals surface area contributed by atoms with E-state index in [1.54, 1.807) is 12.1 Å². The van der Waals surface area contributed by atoms with Gasteiger partial charge >= 0.3 is 0 Å². The summed E-state index contributed by atoms with van der Waals surface area (Å²) < 4.78 is 5.01. The van der Waals surface area contributed by atoms with Gasteiger partial charge in [0.15, 0.2) is 4.84 Å². The number of nitrogens with one attached hydrogen (secondary N) is 2. The van der Waals surface area contributed by atoms with Crippen LogP contribution in [0.15, 0.2) is 27.9 Å². The van der Waals surface area contributed by atoms with E-state index in [0.29, 0.717) is 10.8 Å². The van der Waals surface area contributed by atoms with Crippen LogP contribution in [0.1, 0.15) is 10.8 Å². The van der Waals surface area contributed by atoms with Crippen LogP contribution in [-0.4, -0.2) is 33.1 Å². The maximum atomic E-state index is 11.6. The summed E-state index contributed by atoms with van der Waals surface area (Å²) in [6, 6.07) is 3.39. The molecule has 0 unspecified atom stereocenters. The number of hydrazone groups is 1. The fraction of sp³-hybridized carbons (Fsp3) is 0.182. The average Bonchev–Trinajstić information content (AvgIpc) is 3.11. The maximum Gasteiger partial charge on any atom is 0.259 e. The van der Waals surface area contributed by atoms with Crippen molar-refractivity contribution in [1.29, 1.82) is 0 Å². The summed E-state index contributed by atoms with van der Waals surface area (Å²) in [5.74, 6) is -0.485. The van der Waals surface area contributed by atoms with Crippen LogP contribution in [-0.2, 0) is 16.0 Å². The zero-order valence-corrected chi connectivity index (χ0v) is 13.2. The number of rotatable bonds is 6. The number of nitrogens with zero attached hydrogens (tertiary/aromatic N) is 3. The highest BCUT2D eigenvalue weighted by Crippen LogP contribution is 2.17. The van der Waals surface area contributed by atoms with E-state index in [-0.39, 0.29) is 17.5 Å². The minimum atomic E-state index is -1.20. The molecule has 2 rings (SSSR count). The SMILES string of the molecule is O=C(Cc1nnc(NC(=O)C(Cl)Cl)s1)N/N=C\c1ccco1. The van der Waals surface area contributed by atoms with Gasteiger partial charge in [-0.1, -0.05) is 34.5 Å². The van der Waals surface area contributed by atoms with Crippen LogP contribution in [0.3, 0.4) is 0 Å². The van der Waals surface area contributed by atoms with E-state index >= 15 is 0 Å². The van der Waals surface area contributed by atoms with Crippen LogP contribution in [0, 0.1) is 0 Å². The van der Waals surface area contributed by atoms with Gasteiger partial charge in [-0.3, -0.25) is 14.9 Å². The topological polar surface area (TPSA) is 109 Å². The lowest BCUT2D eigenvalue weighted by atomic mass is 10.4. The molecular weight excluding hydrogens is 353 g/mol. The van der Waals surface area contributed by atoms with Crippen LogP contribution >= 0.6 is 34.5 Å². The molecule has 0 spiro atoms. The molecule has 116 valence electrons. The second-order valence-electron chi connectivity index (χ2n) is 3.78. The fourth-order valence-corrected chi connectivity index (χ4v) is 2.10. The van der Waals surface area contributed by atoms with Crippen molar-refractivity contribution in [3.63, 3.8) is 0 Å². The van der Waals surface area contributed by atoms with Gasteiger partial charge in [-0.05, 0) is 12.1 Å². The molecule has 0 fully saturated rings. The molecule has 0 aliphatic heterocycles. The van der Waals surface area contributed by atoms with E-state index in [0.717, 1.165) is 11.3 Å². The number of furan rings is 1. The minimum absolute atomic E-state index is 0.0335. The van der Waals surface area contributed by atoms with Crippen molar-refractivity contribution in [2.75, 3.05) is 5.32 Å². The first kappa shape index (κ1) is 16.4. The van der Waals surface area contributed by atoms with E-state index in [2.05, 4.69) is 26.0 Å². The molecule has 2 amide bonds. The third-order valence-electron chi connectivity index (χ3n) is 2.13. The number of aromatic nitrogens is 2. The number of alkyl halides is 2. The van der Waals surface area contributed by atoms with Gasteiger partial charge in [-0.2, -0.15) is 5.10 Å². The number of carbonyl (C=O) groups excluding carboxylic acids is 2. The minimum Gasteiger partial charge on any atom is -0.463 e. The smallest absolute Gasteiger partial charge is 0.259 e. The van der Waals surface area contributed by atoms with Crippen molar-refractivity contribution in [3.8, 4) is 0 Å². The van der Waals surface area contributed by atoms with Crippen molar-refractivity contribution in [2.24, 2.45) is 5.10 Å². The summed E-state index contributed by atoms with van der Waals surface area (Å²) in [4.78, 5) is 21.7. The van der Waals surface area contributed by atoms with E-state index in [1.165, 1.54) is 12.5 Å². The standard InChI is InChI=1S/C11H9Cl2N5O3S/c12-9(13)10(20)15-11-18-17-8(22-11)4-7(19)16-14-5-6-2-1-3-21-6/h1-3,5,9H,4H2,(H,16,19)(H,15,18,20)/b14-5-. The molecule has 2 aromatic rings. The molecule has 2 N–H and O–H groups in total. The largest absolute Gasteiger partial charge is 0.463 e. The summed E-state index contributed by atoms with van der Waals surface area (Å²) in [7, 11) is 0. The van der Waals surface area contributed by atoms with Crippen LogP contribution in [0.5, 0.6) is 0 Å². The van der Waals surface area contributed by atoms with Gasteiger partial charge in [0.05, 0.1) is 18.9 Å². The third-order valence-corrected chi connectivity index (χ3v) is 3.37. The zero-order valence-electron chi connectivity index (χ0n) is 10.8. The number of hydrogen-bond acceptors (Lipinski definition) is 7. The molecule has 22 heavy (non-hydrogen) atoms. The van der Waals surface area contributed by atoms with Crippen molar-refractivity contribution < 1.29 is 14.0 Å². The molecule has 8 nitrogen and oxygen atoms in total. The van der Waals surface area contributed by atoms with Gasteiger partial charge in [-0.25, -0.2) is 5.43 Å². The quantitative estimate of drug-likeness (QED) is 0.461. The predicted octanol–water partition coefficient (Wildman–Crippen LogP) is 1.57. The number of carbonyl (C=O) groups is 2. The van der Waals surface area contributed by atoms with Crippen molar-refractivity contribution >= 4 is 57.7 Å². The number of anilines is 1. The van der Waals surface area contributed by atoms with Gasteiger partial charge < -0.3 is 4.42 Å². The lowest BCUT2D eigenvalue weighted by molar-refractivity contribution is -0.120. The Balaban J connectivity index is 1.82. The molecule has 0 radical (unpaired) electrons. The maximum absolute atomic E-state index is 11.6. The highest BCUT2D eigenvalue weighted by atomic mass is 35.5. The molecule has 11 heteroatoms. The summed E-state index contributed by atoms with van der Waals surface area (Å²) >= 11 is 11.8. The molecule has 0 aliphatic rings. The molecule has 0 atom stereocenters. The zero-order chi connectivity index (χ0) is 15.9. The molecule has 0 saturated carbocycles. The lowest BCUT2D eigenvalue weighted by Crippen LogP contribution is -2.19. The van der Waals surface area contributed by atoms with Crippen molar-refractivity contribution in [2.45, 2.75) is 11.3 Å². The Kier molecular flexibility index (Phi) is 5.87. The van der Waals surface area contributed by atoms with Crippen molar-refractivity contribution in [3.05, 3.63) is 29.2 Å². The Morgan fingerprint density at radius 1 is 1.45 bits per heavy atom. The lowest BCUT2D eigenvalue weighted by Gasteiger charge is -1.99. The first-order chi connectivity index (χ1) is 10.5. The van der Waals surface area contributed by atoms with Gasteiger partial charge in [-0.15, -0.1) is 10.2 Å². The van der Waals surface area contributed by atoms with E-state index in [4.69, 9.17) is 27.6 Å². The summed E-state index contributed by atoms with van der Waals surface area (Å²) in [6.45, 7) is 0. The highest BCUT2D eigenvalue weighted by Gasteiger charge is 2.15. The molecule has 0 saturated heterocycles. The second-order valence-corrected chi connectivity index (χ2v) is 5.93. The first-order valence-electron chi connectivity index (χ1n) is 5.81. The molecule has 0 aromatic carbocycles. The first-order valence-corrected chi connectivity index (χ1v) is 7.50. The van der Waals surface area contributed by atoms with Crippen LogP contribution in [0.2, 0.25) is 0 Å². The Morgan fingerprint density at radius 3 is 2.95 bits per heavy atom. The Bertz CT molecular complexity index is 671. The summed E-state index contributed by atoms with van der Waals surface area (Å²) in [5, 5.41) is 14.2. The molecule has 0 bridgehead atoms. The summed E-state index contributed by atoms with van der Waals surface area (Å²) in [6.07, 6.45) is 2.82. The normalized spacial score (nSPS) is 11.0. The molecular formula is C11H9Cl2N5O3S. The van der Waals surface area contributed by atoms with Gasteiger partial charge in [0.25, 0.3) is 5.91 Å². The monoisotopic (exact) mass is 361 g/mol. The number of amides is 2. The van der Waals surface area contributed by atoms with Crippen LogP contribution in [0.25, 0.3) is 0 Å². The number of halogens is 2. The van der Waals surface area contributed by atoms with Gasteiger partial charge in [0, 0.05) is 0 Å². The van der Waals surface area contributed by atoms with Gasteiger partial charge in [0.2, 0.25) is 11.0 Å². The Labute approximate surface area is 138 Å². The molecule has 2 aromatic heterocycles. The van der Waals surface area contributed by atoms with Crippen LogP contribution < -0.4 is 10.7 Å². The van der Waals surface area contributed by atoms with E-state index < -0.39 is 10.7 Å². The Hall–Kier alpha value is -1.97. The number of hydrogen-bond donors (Lipinski definition) is 2. The fourth-order valence-electron chi connectivity index (χ4n) is 1.24. The van der Waals surface area contributed by atoms with E-state index in [9.17, 15) is 9.59 Å². The third kappa shape index (κ3) is 5.10.